The van der Waals surface area contributed by atoms with Crippen molar-refractivity contribution in [3.05, 3.63) is 24.0 Å². The average Bonchev–Trinajstić information content (AvgIpc) is 2.45. The van der Waals surface area contributed by atoms with Gasteiger partial charge in [0.15, 0.2) is 0 Å². The van der Waals surface area contributed by atoms with E-state index in [0.29, 0.717) is 32.5 Å². The standard InChI is InChI=1S/C15H26N2O3/c1-13(2)17-12-14-11-15(5-6-16-14)20-8-4-7-19-10-9-18-3/h5-6,11,13,17H,4,7-10,12H2,1-3H3. The first kappa shape index (κ1) is 16.9. The fourth-order valence-corrected chi connectivity index (χ4v) is 1.55. The van der Waals surface area contributed by atoms with Crippen LogP contribution in [0.2, 0.25) is 0 Å². The number of ether oxygens (including phenoxy) is 3. The number of methoxy groups -OCH3 is 1. The van der Waals surface area contributed by atoms with Gasteiger partial charge in [-0.15, -0.1) is 0 Å². The molecule has 114 valence electrons. The molecule has 0 saturated carbocycles. The molecule has 1 N–H and O–H groups in total. The second kappa shape index (κ2) is 10.6. The first-order valence-electron chi connectivity index (χ1n) is 7.10. The van der Waals surface area contributed by atoms with Gasteiger partial charge in [0.2, 0.25) is 0 Å². The minimum atomic E-state index is 0.450. The van der Waals surface area contributed by atoms with Crippen molar-refractivity contribution in [2.45, 2.75) is 32.9 Å². The topological polar surface area (TPSA) is 52.6 Å². The van der Waals surface area contributed by atoms with Gasteiger partial charge in [0.1, 0.15) is 5.75 Å². The van der Waals surface area contributed by atoms with E-state index < -0.39 is 0 Å². The highest BCUT2D eigenvalue weighted by molar-refractivity contribution is 5.22. The summed E-state index contributed by atoms with van der Waals surface area (Å²) in [7, 11) is 1.67. The zero-order valence-electron chi connectivity index (χ0n) is 12.7. The van der Waals surface area contributed by atoms with Gasteiger partial charge in [-0.3, -0.25) is 4.98 Å². The Morgan fingerprint density at radius 3 is 2.80 bits per heavy atom. The van der Waals surface area contributed by atoms with Crippen molar-refractivity contribution < 1.29 is 14.2 Å². The number of hydrogen-bond donors (Lipinski definition) is 1. The minimum absolute atomic E-state index is 0.450. The van der Waals surface area contributed by atoms with Crippen LogP contribution in [0.3, 0.4) is 0 Å². The van der Waals surface area contributed by atoms with Crippen LogP contribution in [0.4, 0.5) is 0 Å². The van der Waals surface area contributed by atoms with Crippen LogP contribution in [0.15, 0.2) is 18.3 Å². The monoisotopic (exact) mass is 282 g/mol. The van der Waals surface area contributed by atoms with Crippen molar-refractivity contribution in [2.75, 3.05) is 33.5 Å². The van der Waals surface area contributed by atoms with E-state index in [9.17, 15) is 0 Å². The lowest BCUT2D eigenvalue weighted by atomic mass is 10.3. The predicted molar refractivity (Wildman–Crippen MR) is 79.0 cm³/mol. The summed E-state index contributed by atoms with van der Waals surface area (Å²) in [5.41, 5.74) is 0.993. The van der Waals surface area contributed by atoms with E-state index in [0.717, 1.165) is 24.4 Å². The van der Waals surface area contributed by atoms with Crippen LogP contribution in [0.25, 0.3) is 0 Å². The van der Waals surface area contributed by atoms with E-state index >= 15 is 0 Å². The molecule has 0 atom stereocenters. The van der Waals surface area contributed by atoms with Crippen molar-refractivity contribution in [2.24, 2.45) is 0 Å². The van der Waals surface area contributed by atoms with Gasteiger partial charge in [-0.2, -0.15) is 0 Å². The first-order chi connectivity index (χ1) is 9.72. The average molecular weight is 282 g/mol. The molecule has 1 aromatic rings. The van der Waals surface area contributed by atoms with Gasteiger partial charge in [-0.25, -0.2) is 0 Å². The molecule has 1 heterocycles. The molecule has 1 rings (SSSR count). The fraction of sp³-hybridized carbons (Fsp3) is 0.667. The summed E-state index contributed by atoms with van der Waals surface area (Å²) >= 11 is 0. The Morgan fingerprint density at radius 1 is 1.20 bits per heavy atom. The Kier molecular flexibility index (Phi) is 8.95. The van der Waals surface area contributed by atoms with Gasteiger partial charge >= 0.3 is 0 Å². The molecule has 5 heteroatoms. The van der Waals surface area contributed by atoms with E-state index in [-0.39, 0.29) is 0 Å². The molecule has 20 heavy (non-hydrogen) atoms. The Hall–Kier alpha value is -1.17. The molecular weight excluding hydrogens is 256 g/mol. The summed E-state index contributed by atoms with van der Waals surface area (Å²) in [5.74, 6) is 0.859. The minimum Gasteiger partial charge on any atom is -0.493 e. The van der Waals surface area contributed by atoms with Crippen molar-refractivity contribution in [3.63, 3.8) is 0 Å². The van der Waals surface area contributed by atoms with Crippen LogP contribution >= 0.6 is 0 Å². The normalized spacial score (nSPS) is 11.0. The number of pyridine rings is 1. The summed E-state index contributed by atoms with van der Waals surface area (Å²) in [6.07, 6.45) is 2.65. The summed E-state index contributed by atoms with van der Waals surface area (Å²) in [5, 5.41) is 3.34. The van der Waals surface area contributed by atoms with Crippen LogP contribution in [0.1, 0.15) is 26.0 Å². The van der Waals surface area contributed by atoms with Gasteiger partial charge in [0.25, 0.3) is 0 Å². The molecule has 0 aliphatic rings. The van der Waals surface area contributed by atoms with E-state index in [1.54, 1.807) is 13.3 Å². The summed E-state index contributed by atoms with van der Waals surface area (Å²) in [4.78, 5) is 4.31. The third-order valence-corrected chi connectivity index (χ3v) is 2.61. The summed E-state index contributed by atoms with van der Waals surface area (Å²) in [6.45, 7) is 7.60. The molecular formula is C15H26N2O3. The highest BCUT2D eigenvalue weighted by Gasteiger charge is 2.00. The number of aromatic nitrogens is 1. The summed E-state index contributed by atoms with van der Waals surface area (Å²) in [6, 6.07) is 4.30. The van der Waals surface area contributed by atoms with Crippen LogP contribution in [-0.4, -0.2) is 44.6 Å². The van der Waals surface area contributed by atoms with Crippen molar-refractivity contribution >= 4 is 0 Å². The molecule has 0 aliphatic heterocycles. The SMILES string of the molecule is COCCOCCCOc1ccnc(CNC(C)C)c1. The van der Waals surface area contributed by atoms with E-state index in [2.05, 4.69) is 24.1 Å². The van der Waals surface area contributed by atoms with Crippen LogP contribution < -0.4 is 10.1 Å². The quantitative estimate of drug-likeness (QED) is 0.629. The van der Waals surface area contributed by atoms with Crippen LogP contribution in [0.5, 0.6) is 5.75 Å². The number of nitrogens with one attached hydrogen (secondary N) is 1. The number of hydrogen-bond acceptors (Lipinski definition) is 5. The van der Waals surface area contributed by atoms with E-state index in [1.165, 1.54) is 0 Å². The van der Waals surface area contributed by atoms with Gasteiger partial charge in [-0.05, 0) is 6.07 Å². The number of nitrogens with zero attached hydrogens (tertiary/aromatic N) is 1. The predicted octanol–water partition coefficient (Wildman–Crippen LogP) is 2.01. The zero-order chi connectivity index (χ0) is 14.6. The Labute approximate surface area is 121 Å². The van der Waals surface area contributed by atoms with Gasteiger partial charge in [-0.1, -0.05) is 13.8 Å². The van der Waals surface area contributed by atoms with E-state index in [1.807, 2.05) is 12.1 Å². The highest BCUT2D eigenvalue weighted by Crippen LogP contribution is 2.11. The fourth-order valence-electron chi connectivity index (χ4n) is 1.55. The molecule has 0 amide bonds. The van der Waals surface area contributed by atoms with Gasteiger partial charge < -0.3 is 19.5 Å². The van der Waals surface area contributed by atoms with Gasteiger partial charge in [0.05, 0.1) is 25.5 Å². The van der Waals surface area contributed by atoms with Crippen molar-refractivity contribution in [1.82, 2.24) is 10.3 Å². The highest BCUT2D eigenvalue weighted by atomic mass is 16.5. The van der Waals surface area contributed by atoms with Crippen molar-refractivity contribution in [3.8, 4) is 5.75 Å². The molecule has 0 saturated heterocycles. The Balaban J connectivity index is 2.18. The van der Waals surface area contributed by atoms with E-state index in [4.69, 9.17) is 14.2 Å². The maximum atomic E-state index is 5.68. The molecule has 5 nitrogen and oxygen atoms in total. The second-order valence-corrected chi connectivity index (χ2v) is 4.83. The molecule has 0 bridgehead atoms. The maximum absolute atomic E-state index is 5.68. The Bertz CT molecular complexity index is 359. The molecule has 0 aromatic carbocycles. The molecule has 0 unspecified atom stereocenters. The molecule has 0 aliphatic carbocycles. The molecule has 0 fully saturated rings. The smallest absolute Gasteiger partial charge is 0.122 e. The molecule has 0 radical (unpaired) electrons. The lowest BCUT2D eigenvalue weighted by Crippen LogP contribution is -2.22. The van der Waals surface area contributed by atoms with Gasteiger partial charge in [0, 0.05) is 45.0 Å². The van der Waals surface area contributed by atoms with Crippen molar-refractivity contribution in [1.29, 1.82) is 0 Å². The molecule has 1 aromatic heterocycles. The maximum Gasteiger partial charge on any atom is 0.122 e. The zero-order valence-corrected chi connectivity index (χ0v) is 12.7. The van der Waals surface area contributed by atoms with Crippen LogP contribution in [0, 0.1) is 0 Å². The lowest BCUT2D eigenvalue weighted by molar-refractivity contribution is 0.0644. The summed E-state index contributed by atoms with van der Waals surface area (Å²) < 4.78 is 16.0. The lowest BCUT2D eigenvalue weighted by Gasteiger charge is -2.10. The molecule has 0 spiro atoms. The third kappa shape index (κ3) is 8.09. The Morgan fingerprint density at radius 2 is 2.05 bits per heavy atom. The first-order valence-corrected chi connectivity index (χ1v) is 7.10. The largest absolute Gasteiger partial charge is 0.493 e. The van der Waals surface area contributed by atoms with Crippen LogP contribution in [-0.2, 0) is 16.0 Å². The number of rotatable bonds is 11. The second-order valence-electron chi connectivity index (χ2n) is 4.83. The third-order valence-electron chi connectivity index (χ3n) is 2.61.